The molecule has 1 aromatic carbocycles. The highest BCUT2D eigenvalue weighted by atomic mass is 16.2. The molecular formula is C15H22N4O2. The molecule has 0 radical (unpaired) electrons. The van der Waals surface area contributed by atoms with Gasteiger partial charge in [-0.25, -0.2) is 4.79 Å². The Morgan fingerprint density at radius 1 is 1.48 bits per heavy atom. The fourth-order valence-electron chi connectivity index (χ4n) is 2.43. The molecule has 0 aromatic heterocycles. The second kappa shape index (κ2) is 6.58. The topological polar surface area (TPSA) is 87.5 Å². The first-order valence-electron chi connectivity index (χ1n) is 7.23. The van der Waals surface area contributed by atoms with E-state index in [-0.39, 0.29) is 18.0 Å². The number of carbonyl (C=O) groups excluding carboxylic acids is 2. The Bertz CT molecular complexity index is 513. The Morgan fingerprint density at radius 3 is 2.71 bits per heavy atom. The summed E-state index contributed by atoms with van der Waals surface area (Å²) in [5.41, 5.74) is 7.50. The molecule has 3 amide bonds. The monoisotopic (exact) mass is 290 g/mol. The van der Waals surface area contributed by atoms with Gasteiger partial charge in [0.1, 0.15) is 6.04 Å². The van der Waals surface area contributed by atoms with E-state index in [1.54, 1.807) is 4.90 Å². The molecule has 2 rings (SSSR count). The van der Waals surface area contributed by atoms with Gasteiger partial charge in [-0.2, -0.15) is 0 Å². The van der Waals surface area contributed by atoms with Gasteiger partial charge in [0, 0.05) is 24.8 Å². The minimum atomic E-state index is -0.401. The number of benzene rings is 1. The SMILES string of the molecule is CCC1C(=O)NCCN1C(=O)Nc1ccc(C(C)N)cc1. The number of nitrogens with zero attached hydrogens (tertiary/aromatic N) is 1. The van der Waals surface area contributed by atoms with Crippen LogP contribution in [0.2, 0.25) is 0 Å². The van der Waals surface area contributed by atoms with Crippen molar-refractivity contribution < 1.29 is 9.59 Å². The molecule has 6 heteroatoms. The van der Waals surface area contributed by atoms with Crippen LogP contribution in [0.1, 0.15) is 31.9 Å². The van der Waals surface area contributed by atoms with Crippen molar-refractivity contribution in [1.82, 2.24) is 10.2 Å². The molecular weight excluding hydrogens is 268 g/mol. The van der Waals surface area contributed by atoms with Gasteiger partial charge < -0.3 is 21.3 Å². The van der Waals surface area contributed by atoms with Crippen molar-refractivity contribution in [3.05, 3.63) is 29.8 Å². The van der Waals surface area contributed by atoms with Crippen molar-refractivity contribution in [3.8, 4) is 0 Å². The number of piperazine rings is 1. The van der Waals surface area contributed by atoms with E-state index in [1.807, 2.05) is 38.1 Å². The summed E-state index contributed by atoms with van der Waals surface area (Å²) in [4.78, 5) is 25.7. The van der Waals surface area contributed by atoms with Crippen LogP contribution in [0.5, 0.6) is 0 Å². The number of hydrogen-bond donors (Lipinski definition) is 3. The molecule has 2 unspecified atom stereocenters. The molecule has 0 bridgehead atoms. The van der Waals surface area contributed by atoms with Crippen molar-refractivity contribution in [3.63, 3.8) is 0 Å². The average molecular weight is 290 g/mol. The van der Waals surface area contributed by atoms with Crippen LogP contribution in [0.25, 0.3) is 0 Å². The fraction of sp³-hybridized carbons (Fsp3) is 0.467. The molecule has 1 aliphatic heterocycles. The molecule has 114 valence electrons. The Kier molecular flexibility index (Phi) is 4.80. The van der Waals surface area contributed by atoms with Crippen molar-refractivity contribution in [2.45, 2.75) is 32.4 Å². The molecule has 0 saturated carbocycles. The molecule has 1 saturated heterocycles. The molecule has 0 spiro atoms. The summed E-state index contributed by atoms with van der Waals surface area (Å²) in [6.07, 6.45) is 0.600. The molecule has 4 N–H and O–H groups in total. The van der Waals surface area contributed by atoms with E-state index >= 15 is 0 Å². The third kappa shape index (κ3) is 3.52. The van der Waals surface area contributed by atoms with E-state index in [4.69, 9.17) is 5.73 Å². The zero-order chi connectivity index (χ0) is 15.4. The predicted molar refractivity (Wildman–Crippen MR) is 81.9 cm³/mol. The smallest absolute Gasteiger partial charge is 0.322 e. The highest BCUT2D eigenvalue weighted by Gasteiger charge is 2.31. The van der Waals surface area contributed by atoms with Gasteiger partial charge in [-0.3, -0.25) is 4.79 Å². The third-order valence-corrected chi connectivity index (χ3v) is 3.67. The first kappa shape index (κ1) is 15.3. The number of nitrogens with two attached hydrogens (primary N) is 1. The van der Waals surface area contributed by atoms with Gasteiger partial charge in [-0.05, 0) is 31.0 Å². The standard InChI is InChI=1S/C15H22N4O2/c1-3-13-14(20)17-8-9-19(13)15(21)18-12-6-4-11(5-7-12)10(2)16/h4-7,10,13H,3,8-9,16H2,1-2H3,(H,17,20)(H,18,21). The van der Waals surface area contributed by atoms with E-state index < -0.39 is 6.04 Å². The van der Waals surface area contributed by atoms with Crippen molar-refractivity contribution >= 4 is 17.6 Å². The maximum absolute atomic E-state index is 12.3. The van der Waals surface area contributed by atoms with Gasteiger partial charge in [-0.15, -0.1) is 0 Å². The minimum Gasteiger partial charge on any atom is -0.353 e. The largest absolute Gasteiger partial charge is 0.353 e. The predicted octanol–water partition coefficient (Wildman–Crippen LogP) is 1.45. The van der Waals surface area contributed by atoms with Gasteiger partial charge in [0.25, 0.3) is 0 Å². The van der Waals surface area contributed by atoms with Gasteiger partial charge >= 0.3 is 6.03 Å². The zero-order valence-electron chi connectivity index (χ0n) is 12.4. The van der Waals surface area contributed by atoms with Crippen LogP contribution in [-0.2, 0) is 4.79 Å². The minimum absolute atomic E-state index is 0.0370. The Morgan fingerprint density at radius 2 is 2.14 bits per heavy atom. The molecule has 1 aliphatic rings. The second-order valence-corrected chi connectivity index (χ2v) is 5.25. The number of anilines is 1. The summed E-state index contributed by atoms with van der Waals surface area (Å²) in [5, 5.41) is 5.61. The molecule has 1 fully saturated rings. The summed E-state index contributed by atoms with van der Waals surface area (Å²) in [6, 6.07) is 6.74. The maximum Gasteiger partial charge on any atom is 0.322 e. The van der Waals surface area contributed by atoms with E-state index in [1.165, 1.54) is 0 Å². The van der Waals surface area contributed by atoms with Gasteiger partial charge in [0.2, 0.25) is 5.91 Å². The van der Waals surface area contributed by atoms with Gasteiger partial charge in [-0.1, -0.05) is 19.1 Å². The van der Waals surface area contributed by atoms with E-state index in [2.05, 4.69) is 10.6 Å². The molecule has 1 aromatic rings. The van der Waals surface area contributed by atoms with Crippen LogP contribution in [0.15, 0.2) is 24.3 Å². The van der Waals surface area contributed by atoms with Crippen molar-refractivity contribution in [1.29, 1.82) is 0 Å². The molecule has 1 heterocycles. The summed E-state index contributed by atoms with van der Waals surface area (Å²) >= 11 is 0. The summed E-state index contributed by atoms with van der Waals surface area (Å²) in [7, 11) is 0. The quantitative estimate of drug-likeness (QED) is 0.787. The van der Waals surface area contributed by atoms with Gasteiger partial charge in [0.15, 0.2) is 0 Å². The van der Waals surface area contributed by atoms with Crippen LogP contribution in [-0.4, -0.2) is 36.0 Å². The number of amides is 3. The number of hydrogen-bond acceptors (Lipinski definition) is 3. The Hall–Kier alpha value is -2.08. The fourth-order valence-corrected chi connectivity index (χ4v) is 2.43. The number of urea groups is 1. The Balaban J connectivity index is 2.04. The average Bonchev–Trinajstić information content (AvgIpc) is 2.47. The van der Waals surface area contributed by atoms with Crippen LogP contribution in [0.4, 0.5) is 10.5 Å². The zero-order valence-corrected chi connectivity index (χ0v) is 12.4. The summed E-state index contributed by atoms with van der Waals surface area (Å²) < 4.78 is 0. The lowest BCUT2D eigenvalue weighted by Crippen LogP contribution is -2.57. The van der Waals surface area contributed by atoms with E-state index in [0.29, 0.717) is 25.2 Å². The number of nitrogens with one attached hydrogen (secondary N) is 2. The highest BCUT2D eigenvalue weighted by Crippen LogP contribution is 2.16. The first-order chi connectivity index (χ1) is 10.0. The first-order valence-corrected chi connectivity index (χ1v) is 7.23. The van der Waals surface area contributed by atoms with Crippen LogP contribution in [0, 0.1) is 0 Å². The lowest BCUT2D eigenvalue weighted by Gasteiger charge is -2.34. The normalized spacial score (nSPS) is 19.9. The number of rotatable bonds is 3. The summed E-state index contributed by atoms with van der Waals surface area (Å²) in [5.74, 6) is -0.0915. The number of carbonyl (C=O) groups is 2. The van der Waals surface area contributed by atoms with E-state index in [0.717, 1.165) is 5.56 Å². The summed E-state index contributed by atoms with van der Waals surface area (Å²) in [6.45, 7) is 4.82. The van der Waals surface area contributed by atoms with Gasteiger partial charge in [0.05, 0.1) is 0 Å². The molecule has 0 aliphatic carbocycles. The highest BCUT2D eigenvalue weighted by molar-refractivity contribution is 5.94. The van der Waals surface area contributed by atoms with Crippen LogP contribution >= 0.6 is 0 Å². The lowest BCUT2D eigenvalue weighted by atomic mass is 10.1. The third-order valence-electron chi connectivity index (χ3n) is 3.67. The van der Waals surface area contributed by atoms with E-state index in [9.17, 15) is 9.59 Å². The maximum atomic E-state index is 12.3. The van der Waals surface area contributed by atoms with Crippen molar-refractivity contribution in [2.75, 3.05) is 18.4 Å². The van der Waals surface area contributed by atoms with Crippen molar-refractivity contribution in [2.24, 2.45) is 5.73 Å². The Labute approximate surface area is 124 Å². The molecule has 2 atom stereocenters. The second-order valence-electron chi connectivity index (χ2n) is 5.25. The van der Waals surface area contributed by atoms with Crippen LogP contribution in [0.3, 0.4) is 0 Å². The molecule has 21 heavy (non-hydrogen) atoms. The molecule has 6 nitrogen and oxygen atoms in total. The van der Waals surface area contributed by atoms with Crippen LogP contribution < -0.4 is 16.4 Å². The lowest BCUT2D eigenvalue weighted by molar-refractivity contribution is -0.127.